The van der Waals surface area contributed by atoms with Gasteiger partial charge in [0.1, 0.15) is 16.9 Å². The van der Waals surface area contributed by atoms with E-state index in [1.807, 2.05) is 43.4 Å². The van der Waals surface area contributed by atoms with Crippen LogP contribution in [0.1, 0.15) is 18.5 Å². The summed E-state index contributed by atoms with van der Waals surface area (Å²) in [6, 6.07) is 20.4. The molecule has 0 saturated carbocycles. The van der Waals surface area contributed by atoms with Crippen molar-refractivity contribution in [3.63, 3.8) is 0 Å². The third-order valence-corrected chi connectivity index (χ3v) is 6.18. The van der Waals surface area contributed by atoms with Crippen molar-refractivity contribution in [1.29, 1.82) is 0 Å². The van der Waals surface area contributed by atoms with Crippen LogP contribution in [-0.4, -0.2) is 48.6 Å². The zero-order valence-corrected chi connectivity index (χ0v) is 20.9. The van der Waals surface area contributed by atoms with Gasteiger partial charge in [-0.3, -0.25) is 4.99 Å². The Morgan fingerprint density at radius 1 is 1.10 bits per heavy atom. The molecule has 1 fully saturated rings. The van der Waals surface area contributed by atoms with Gasteiger partial charge in [-0.05, 0) is 12.1 Å². The molecule has 1 aliphatic rings. The van der Waals surface area contributed by atoms with Crippen molar-refractivity contribution in [3.05, 3.63) is 71.7 Å². The van der Waals surface area contributed by atoms with Crippen LogP contribution in [0.2, 0.25) is 0 Å². The molecular weight excluding hydrogens is 519 g/mol. The highest BCUT2D eigenvalue weighted by atomic mass is 127. The van der Waals surface area contributed by atoms with Crippen molar-refractivity contribution in [3.8, 4) is 16.3 Å². The fourth-order valence-electron chi connectivity index (χ4n) is 3.65. The maximum atomic E-state index is 6.10. The van der Waals surface area contributed by atoms with E-state index in [9.17, 15) is 0 Å². The van der Waals surface area contributed by atoms with Crippen molar-refractivity contribution in [2.75, 3.05) is 26.7 Å². The van der Waals surface area contributed by atoms with Crippen molar-refractivity contribution in [2.24, 2.45) is 4.99 Å². The molecule has 1 aromatic heterocycles. The molecule has 0 aliphatic carbocycles. The Morgan fingerprint density at radius 3 is 2.45 bits per heavy atom. The number of nitrogens with zero attached hydrogens (tertiary/aromatic N) is 3. The third kappa shape index (κ3) is 6.67. The van der Waals surface area contributed by atoms with Gasteiger partial charge in [-0.25, -0.2) is 4.98 Å². The molecule has 1 saturated heterocycles. The summed E-state index contributed by atoms with van der Waals surface area (Å²) in [7, 11) is 1.85. The molecule has 0 atom stereocenters. The first-order chi connectivity index (χ1) is 14.8. The minimum absolute atomic E-state index is 0. The number of benzene rings is 2. The molecule has 7 heteroatoms. The Hall–Kier alpha value is -2.13. The molecule has 0 radical (unpaired) electrons. The molecule has 1 N–H and O–H groups in total. The Balaban J connectivity index is 0.00000272. The van der Waals surface area contributed by atoms with Gasteiger partial charge in [0.25, 0.3) is 0 Å². The molecule has 3 aromatic rings. The number of halogens is 1. The normalized spacial score (nSPS) is 14.7. The summed E-state index contributed by atoms with van der Waals surface area (Å²) in [4.78, 5) is 11.6. The number of rotatable bonds is 6. The smallest absolute Gasteiger partial charge is 0.193 e. The Kier molecular flexibility index (Phi) is 9.14. The number of ether oxygens (including phenoxy) is 1. The van der Waals surface area contributed by atoms with E-state index in [2.05, 4.69) is 44.9 Å². The predicted octanol–water partition coefficient (Wildman–Crippen LogP) is 5.09. The second-order valence-corrected chi connectivity index (χ2v) is 8.21. The summed E-state index contributed by atoms with van der Waals surface area (Å²) in [6.07, 6.45) is 3.16. The van der Waals surface area contributed by atoms with E-state index in [1.165, 1.54) is 5.56 Å². The average Bonchev–Trinajstić information content (AvgIpc) is 3.28. The predicted molar refractivity (Wildman–Crippen MR) is 140 cm³/mol. The van der Waals surface area contributed by atoms with Crippen LogP contribution in [0.4, 0.5) is 0 Å². The third-order valence-electron chi connectivity index (χ3n) is 5.24. The molecular formula is C24H29IN4OS. The number of hydrogen-bond acceptors (Lipinski definition) is 4. The van der Waals surface area contributed by atoms with Gasteiger partial charge in [-0.2, -0.15) is 0 Å². The highest BCUT2D eigenvalue weighted by Gasteiger charge is 2.22. The minimum Gasteiger partial charge on any atom is -0.490 e. The van der Waals surface area contributed by atoms with E-state index in [0.29, 0.717) is 0 Å². The fourth-order valence-corrected chi connectivity index (χ4v) is 4.51. The van der Waals surface area contributed by atoms with Crippen molar-refractivity contribution >= 4 is 41.3 Å². The Morgan fingerprint density at radius 2 is 1.77 bits per heavy atom. The van der Waals surface area contributed by atoms with Gasteiger partial charge in [0.2, 0.25) is 0 Å². The molecule has 0 spiro atoms. The van der Waals surface area contributed by atoms with Gasteiger partial charge >= 0.3 is 0 Å². The van der Waals surface area contributed by atoms with E-state index < -0.39 is 0 Å². The number of likely N-dealkylation sites (tertiary alicyclic amines) is 1. The summed E-state index contributed by atoms with van der Waals surface area (Å²) < 4.78 is 6.10. The average molecular weight is 548 g/mol. The van der Waals surface area contributed by atoms with Gasteiger partial charge in [0.05, 0.1) is 5.69 Å². The van der Waals surface area contributed by atoms with Gasteiger partial charge in [0, 0.05) is 56.9 Å². The van der Waals surface area contributed by atoms with Crippen molar-refractivity contribution in [1.82, 2.24) is 15.2 Å². The van der Waals surface area contributed by atoms with Crippen LogP contribution in [0, 0.1) is 0 Å². The van der Waals surface area contributed by atoms with Crippen molar-refractivity contribution in [2.45, 2.75) is 25.4 Å². The number of aliphatic imine (C=N–C) groups is 1. The largest absolute Gasteiger partial charge is 0.490 e. The van der Waals surface area contributed by atoms with Crippen LogP contribution in [-0.2, 0) is 6.42 Å². The van der Waals surface area contributed by atoms with E-state index in [1.54, 1.807) is 11.3 Å². The van der Waals surface area contributed by atoms with E-state index in [-0.39, 0.29) is 30.1 Å². The van der Waals surface area contributed by atoms with Crippen LogP contribution in [0.5, 0.6) is 5.75 Å². The lowest BCUT2D eigenvalue weighted by atomic mass is 10.1. The number of hydrogen-bond donors (Lipinski definition) is 1. The van der Waals surface area contributed by atoms with Crippen molar-refractivity contribution < 1.29 is 4.74 Å². The topological polar surface area (TPSA) is 49.8 Å². The van der Waals surface area contributed by atoms with Gasteiger partial charge < -0.3 is 15.0 Å². The summed E-state index contributed by atoms with van der Waals surface area (Å²) >= 11 is 1.70. The molecule has 0 amide bonds. The number of piperidine rings is 1. The van der Waals surface area contributed by atoms with Crippen LogP contribution >= 0.6 is 35.3 Å². The number of aromatic nitrogens is 1. The van der Waals surface area contributed by atoms with Crippen LogP contribution in [0.15, 0.2) is 71.0 Å². The highest BCUT2D eigenvalue weighted by Crippen LogP contribution is 2.23. The zero-order valence-electron chi connectivity index (χ0n) is 17.7. The van der Waals surface area contributed by atoms with Crippen LogP contribution in [0.25, 0.3) is 10.6 Å². The first kappa shape index (κ1) is 23.5. The fraction of sp³-hybridized carbons (Fsp3) is 0.333. The maximum absolute atomic E-state index is 6.10. The van der Waals surface area contributed by atoms with E-state index in [0.717, 1.165) is 61.3 Å². The molecule has 0 bridgehead atoms. The molecule has 1 aliphatic heterocycles. The Labute approximate surface area is 205 Å². The first-order valence-corrected chi connectivity index (χ1v) is 11.4. The summed E-state index contributed by atoms with van der Waals surface area (Å²) in [5.41, 5.74) is 2.30. The maximum Gasteiger partial charge on any atom is 0.193 e. The summed E-state index contributed by atoms with van der Waals surface area (Å²) in [5, 5.41) is 6.73. The molecule has 4 rings (SSSR count). The lowest BCUT2D eigenvalue weighted by molar-refractivity contribution is 0.129. The molecule has 2 aromatic carbocycles. The SMILES string of the molecule is CN=C(NCCc1csc(-c2ccccc2)n1)N1CCC(Oc2ccccc2)CC1.I. The molecule has 2 heterocycles. The first-order valence-electron chi connectivity index (χ1n) is 10.5. The molecule has 164 valence electrons. The van der Waals surface area contributed by atoms with Gasteiger partial charge in [-0.15, -0.1) is 35.3 Å². The second kappa shape index (κ2) is 12.0. The highest BCUT2D eigenvalue weighted by molar-refractivity contribution is 14.0. The minimum atomic E-state index is 0. The zero-order chi connectivity index (χ0) is 20.6. The number of para-hydroxylation sites is 1. The quantitative estimate of drug-likeness (QED) is 0.265. The number of nitrogens with one attached hydrogen (secondary N) is 1. The standard InChI is InChI=1S/C24H28N4OS.HI/c1-25-24(28-16-13-22(14-17-28)29-21-10-6-3-7-11-21)26-15-12-20-18-30-23(27-20)19-8-4-2-5-9-19;/h2-11,18,22H,12-17H2,1H3,(H,25,26);1H. The lowest BCUT2D eigenvalue weighted by Crippen LogP contribution is -2.47. The molecule has 31 heavy (non-hydrogen) atoms. The number of guanidine groups is 1. The molecule has 5 nitrogen and oxygen atoms in total. The van der Waals surface area contributed by atoms with Crippen LogP contribution < -0.4 is 10.1 Å². The summed E-state index contributed by atoms with van der Waals surface area (Å²) in [6.45, 7) is 2.73. The summed E-state index contributed by atoms with van der Waals surface area (Å²) in [5.74, 6) is 1.92. The molecule has 0 unspecified atom stereocenters. The van der Waals surface area contributed by atoms with Crippen LogP contribution in [0.3, 0.4) is 0 Å². The second-order valence-electron chi connectivity index (χ2n) is 7.35. The lowest BCUT2D eigenvalue weighted by Gasteiger charge is -2.34. The number of thiazole rings is 1. The van der Waals surface area contributed by atoms with E-state index in [4.69, 9.17) is 9.72 Å². The van der Waals surface area contributed by atoms with Gasteiger partial charge in [-0.1, -0.05) is 48.5 Å². The Bertz CT molecular complexity index is 940. The van der Waals surface area contributed by atoms with Gasteiger partial charge in [0.15, 0.2) is 5.96 Å². The van der Waals surface area contributed by atoms with E-state index >= 15 is 0 Å². The monoisotopic (exact) mass is 548 g/mol.